The molecule has 0 spiro atoms. The molecule has 8 heteroatoms. The van der Waals surface area contributed by atoms with Crippen LogP contribution in [-0.2, 0) is 4.79 Å². The van der Waals surface area contributed by atoms with Gasteiger partial charge in [0.25, 0.3) is 0 Å². The fraction of sp³-hybridized carbons (Fsp3) is 0.238. The summed E-state index contributed by atoms with van der Waals surface area (Å²) in [6.07, 6.45) is 1.67. The Kier molecular flexibility index (Phi) is 4.23. The lowest BCUT2D eigenvalue weighted by molar-refractivity contribution is -0.123. The molecule has 0 unspecified atom stereocenters. The maximum absolute atomic E-state index is 12.2. The number of anilines is 1. The van der Waals surface area contributed by atoms with Crippen LogP contribution in [0.3, 0.4) is 0 Å². The summed E-state index contributed by atoms with van der Waals surface area (Å²) in [5.74, 6) is 1.79. The van der Waals surface area contributed by atoms with E-state index in [4.69, 9.17) is 19.8 Å². The smallest absolute Gasteiger partial charge is 0.242 e. The number of rotatable bonds is 4. The van der Waals surface area contributed by atoms with Crippen molar-refractivity contribution < 1.29 is 9.53 Å². The molecule has 8 nitrogen and oxygen atoms in total. The Bertz CT molecular complexity index is 1220. The summed E-state index contributed by atoms with van der Waals surface area (Å²) in [5, 5.41) is 11.7. The minimum absolute atomic E-state index is 0.0208. The van der Waals surface area contributed by atoms with E-state index in [1.165, 1.54) is 0 Å². The van der Waals surface area contributed by atoms with Gasteiger partial charge in [0, 0.05) is 17.5 Å². The Hall–Kier alpha value is -3.68. The number of amides is 1. The molecule has 0 aliphatic carbocycles. The largest absolute Gasteiger partial charge is 0.497 e. The van der Waals surface area contributed by atoms with E-state index in [1.807, 2.05) is 48.5 Å². The monoisotopic (exact) mass is 388 g/mol. The summed E-state index contributed by atoms with van der Waals surface area (Å²) in [6.45, 7) is 0.709. The van der Waals surface area contributed by atoms with Crippen molar-refractivity contribution >= 4 is 28.4 Å². The first-order valence-corrected chi connectivity index (χ1v) is 9.57. The minimum atomic E-state index is -0.343. The maximum atomic E-state index is 12.2. The van der Waals surface area contributed by atoms with Crippen molar-refractivity contribution in [1.82, 2.24) is 24.9 Å². The summed E-state index contributed by atoms with van der Waals surface area (Å²) in [5.41, 5.74) is 2.33. The van der Waals surface area contributed by atoms with Crippen molar-refractivity contribution in [2.24, 2.45) is 0 Å². The predicted octanol–water partition coefficient (Wildman–Crippen LogP) is 2.64. The molecule has 4 aromatic rings. The molecule has 1 amide bonds. The minimum Gasteiger partial charge on any atom is -0.497 e. The number of carbonyl (C=O) groups excluding carboxylic acids is 1. The number of para-hydroxylation sites is 1. The lowest BCUT2D eigenvalue weighted by Gasteiger charge is -2.23. The van der Waals surface area contributed by atoms with E-state index in [1.54, 1.807) is 11.6 Å². The van der Waals surface area contributed by atoms with Gasteiger partial charge in [-0.15, -0.1) is 5.10 Å². The van der Waals surface area contributed by atoms with Crippen molar-refractivity contribution in [3.05, 3.63) is 48.5 Å². The van der Waals surface area contributed by atoms with Gasteiger partial charge in [-0.2, -0.15) is 4.52 Å². The Morgan fingerprint density at radius 1 is 1.17 bits per heavy atom. The summed E-state index contributed by atoms with van der Waals surface area (Å²) < 4.78 is 7.00. The molecular weight excluding hydrogens is 368 g/mol. The highest BCUT2D eigenvalue weighted by atomic mass is 16.5. The number of piperidine rings is 1. The Morgan fingerprint density at radius 2 is 2.07 bits per heavy atom. The van der Waals surface area contributed by atoms with Gasteiger partial charge in [0.2, 0.25) is 11.9 Å². The third-order valence-electron chi connectivity index (χ3n) is 5.10. The van der Waals surface area contributed by atoms with E-state index in [0.717, 1.165) is 35.1 Å². The van der Waals surface area contributed by atoms with Gasteiger partial charge in [0.15, 0.2) is 11.5 Å². The highest BCUT2D eigenvalue weighted by molar-refractivity contribution is 5.93. The van der Waals surface area contributed by atoms with Crippen molar-refractivity contribution in [2.75, 3.05) is 19.0 Å². The van der Waals surface area contributed by atoms with Crippen LogP contribution in [0, 0.1) is 0 Å². The highest BCUT2D eigenvalue weighted by Gasteiger charge is 2.24. The van der Waals surface area contributed by atoms with Gasteiger partial charge >= 0.3 is 0 Å². The van der Waals surface area contributed by atoms with Gasteiger partial charge in [-0.1, -0.05) is 24.3 Å². The van der Waals surface area contributed by atoms with E-state index in [2.05, 4.69) is 10.6 Å². The van der Waals surface area contributed by atoms with Crippen LogP contribution < -0.4 is 15.4 Å². The topological polar surface area (TPSA) is 93.4 Å². The number of hydrogen-bond acceptors (Lipinski definition) is 6. The van der Waals surface area contributed by atoms with Gasteiger partial charge in [0.1, 0.15) is 11.8 Å². The summed E-state index contributed by atoms with van der Waals surface area (Å²) in [7, 11) is 1.63. The first-order valence-electron chi connectivity index (χ1n) is 9.57. The molecule has 1 aliphatic rings. The van der Waals surface area contributed by atoms with Gasteiger partial charge in [-0.25, -0.2) is 9.97 Å². The lowest BCUT2D eigenvalue weighted by atomic mass is 10.1. The zero-order valence-electron chi connectivity index (χ0n) is 15.9. The molecule has 5 rings (SSSR count). The van der Waals surface area contributed by atoms with Crippen LogP contribution in [0.1, 0.15) is 12.8 Å². The van der Waals surface area contributed by atoms with Crippen LogP contribution >= 0.6 is 0 Å². The molecule has 0 bridgehead atoms. The number of ether oxygens (including phenoxy) is 1. The average molecular weight is 388 g/mol. The van der Waals surface area contributed by atoms with Gasteiger partial charge in [0.05, 0.1) is 12.6 Å². The summed E-state index contributed by atoms with van der Waals surface area (Å²) in [4.78, 5) is 21.7. The maximum Gasteiger partial charge on any atom is 0.242 e. The first-order chi connectivity index (χ1) is 14.2. The number of benzene rings is 2. The third-order valence-corrected chi connectivity index (χ3v) is 5.10. The second-order valence-electron chi connectivity index (χ2n) is 6.99. The number of fused-ring (bicyclic) bond motifs is 3. The molecule has 29 heavy (non-hydrogen) atoms. The zero-order valence-corrected chi connectivity index (χ0v) is 15.9. The second-order valence-corrected chi connectivity index (χ2v) is 6.99. The zero-order chi connectivity index (χ0) is 19.8. The second kappa shape index (κ2) is 7.05. The molecule has 0 saturated carbocycles. The van der Waals surface area contributed by atoms with Gasteiger partial charge < -0.3 is 15.4 Å². The van der Waals surface area contributed by atoms with E-state index < -0.39 is 0 Å². The number of aromatic nitrogens is 4. The van der Waals surface area contributed by atoms with Crippen LogP contribution in [0.4, 0.5) is 5.95 Å². The third kappa shape index (κ3) is 3.12. The molecule has 0 radical (unpaired) electrons. The molecule has 3 heterocycles. The van der Waals surface area contributed by atoms with E-state index in [0.29, 0.717) is 24.0 Å². The lowest BCUT2D eigenvalue weighted by Crippen LogP contribution is -2.44. The number of hydrogen-bond donors (Lipinski definition) is 2. The fourth-order valence-electron chi connectivity index (χ4n) is 3.60. The Balaban J connectivity index is 1.67. The van der Waals surface area contributed by atoms with Crippen molar-refractivity contribution in [1.29, 1.82) is 0 Å². The van der Waals surface area contributed by atoms with Crippen LogP contribution in [0.25, 0.3) is 27.9 Å². The van der Waals surface area contributed by atoms with Gasteiger partial charge in [-0.05, 0) is 37.1 Å². The summed E-state index contributed by atoms with van der Waals surface area (Å²) >= 11 is 0. The molecular formula is C21H20N6O2. The molecule has 2 aromatic heterocycles. The summed E-state index contributed by atoms with van der Waals surface area (Å²) in [6, 6.07) is 15.1. The fourth-order valence-corrected chi connectivity index (χ4v) is 3.60. The van der Waals surface area contributed by atoms with Crippen LogP contribution in [0.15, 0.2) is 48.5 Å². The average Bonchev–Trinajstić information content (AvgIpc) is 3.22. The number of nitrogens with one attached hydrogen (secondary N) is 2. The number of methoxy groups -OCH3 is 1. The molecule has 1 fully saturated rings. The highest BCUT2D eigenvalue weighted by Crippen LogP contribution is 2.26. The van der Waals surface area contributed by atoms with Crippen molar-refractivity contribution in [3.63, 3.8) is 0 Å². The number of nitrogens with zero attached hydrogens (tertiary/aromatic N) is 4. The van der Waals surface area contributed by atoms with Crippen LogP contribution in [0.5, 0.6) is 5.75 Å². The van der Waals surface area contributed by atoms with E-state index >= 15 is 0 Å². The van der Waals surface area contributed by atoms with E-state index in [-0.39, 0.29) is 11.9 Å². The van der Waals surface area contributed by atoms with Crippen molar-refractivity contribution in [3.8, 4) is 17.1 Å². The first kappa shape index (κ1) is 17.4. The predicted molar refractivity (Wildman–Crippen MR) is 110 cm³/mol. The molecule has 2 N–H and O–H groups in total. The molecule has 146 valence electrons. The Morgan fingerprint density at radius 3 is 2.93 bits per heavy atom. The van der Waals surface area contributed by atoms with E-state index in [9.17, 15) is 4.79 Å². The molecule has 1 atom stereocenters. The van der Waals surface area contributed by atoms with Crippen LogP contribution in [0.2, 0.25) is 0 Å². The van der Waals surface area contributed by atoms with Crippen molar-refractivity contribution in [2.45, 2.75) is 18.9 Å². The normalized spacial score (nSPS) is 16.7. The Labute approximate surface area is 166 Å². The van der Waals surface area contributed by atoms with Gasteiger partial charge in [-0.3, -0.25) is 4.79 Å². The SMILES string of the molecule is COc1cccc(-c2nc3c4ccccc4nc(N[C@H]4CCCNC4=O)n3n2)c1. The molecule has 1 aliphatic heterocycles. The van der Waals surface area contributed by atoms with Crippen LogP contribution in [-0.4, -0.2) is 45.2 Å². The molecule has 2 aromatic carbocycles. The number of carbonyl (C=O) groups is 1. The quantitative estimate of drug-likeness (QED) is 0.558. The molecule has 1 saturated heterocycles. The standard InChI is InChI=1S/C21H20N6O2/c1-29-14-7-4-6-13(12-14)18-25-19-15-8-2-3-9-16(15)23-21(27(19)26-18)24-17-10-5-11-22-20(17)28/h2-4,6-9,12,17H,5,10-11H2,1H3,(H,22,28)(H,23,24)/t17-/m0/s1.